The molecule has 124 valence electrons. The van der Waals surface area contributed by atoms with Crippen LogP contribution in [-0.4, -0.2) is 47.4 Å². The Kier molecular flexibility index (Phi) is 5.79. The summed E-state index contributed by atoms with van der Waals surface area (Å²) < 4.78 is 4.93. The number of aromatic nitrogens is 1. The Labute approximate surface area is 142 Å². The summed E-state index contributed by atoms with van der Waals surface area (Å²) in [5, 5.41) is 0.190. The number of hydrogen-bond donors (Lipinski definition) is 1. The molecule has 1 aromatic heterocycles. The average Bonchev–Trinajstić information content (AvgIpc) is 2.54. The highest BCUT2D eigenvalue weighted by Gasteiger charge is 2.26. The second-order valence-corrected chi connectivity index (χ2v) is 5.89. The molecular weight excluding hydrogens is 345 g/mol. The van der Waals surface area contributed by atoms with Crippen molar-refractivity contribution in [1.29, 1.82) is 0 Å². The van der Waals surface area contributed by atoms with E-state index in [1.54, 1.807) is 0 Å². The summed E-state index contributed by atoms with van der Waals surface area (Å²) in [6, 6.07) is 2.86. The highest BCUT2D eigenvalue weighted by molar-refractivity contribution is 6.34. The molecule has 2 heterocycles. The molecule has 1 aromatic rings. The number of primary amides is 1. The minimum atomic E-state index is -0.821. The first-order chi connectivity index (χ1) is 10.9. The maximum Gasteiger partial charge on any atom is 0.359 e. The van der Waals surface area contributed by atoms with E-state index in [-0.39, 0.29) is 33.6 Å². The molecule has 0 spiro atoms. The SMILES string of the molecule is NC(=O)C1CCN(C(=O)COC(=O)c2nc(Cl)ccc2Cl)CC1. The summed E-state index contributed by atoms with van der Waals surface area (Å²) in [5.41, 5.74) is 5.10. The molecule has 2 amide bonds. The van der Waals surface area contributed by atoms with Crippen LogP contribution in [0.1, 0.15) is 23.3 Å². The van der Waals surface area contributed by atoms with Crippen molar-refractivity contribution in [3.8, 4) is 0 Å². The molecule has 1 saturated heterocycles. The first-order valence-electron chi connectivity index (χ1n) is 6.94. The van der Waals surface area contributed by atoms with Gasteiger partial charge >= 0.3 is 5.97 Å². The summed E-state index contributed by atoms with van der Waals surface area (Å²) in [4.78, 5) is 40.3. The van der Waals surface area contributed by atoms with E-state index in [0.29, 0.717) is 25.9 Å². The van der Waals surface area contributed by atoms with Crippen LogP contribution in [0.2, 0.25) is 10.2 Å². The first-order valence-corrected chi connectivity index (χ1v) is 7.70. The zero-order valence-corrected chi connectivity index (χ0v) is 13.6. The highest BCUT2D eigenvalue weighted by Crippen LogP contribution is 2.19. The van der Waals surface area contributed by atoms with Gasteiger partial charge in [-0.3, -0.25) is 9.59 Å². The van der Waals surface area contributed by atoms with Crippen LogP contribution in [-0.2, 0) is 14.3 Å². The second kappa shape index (κ2) is 7.61. The van der Waals surface area contributed by atoms with Crippen LogP contribution in [0.3, 0.4) is 0 Å². The summed E-state index contributed by atoms with van der Waals surface area (Å²) in [6.45, 7) is 0.380. The minimum absolute atomic E-state index is 0.0918. The number of carbonyl (C=O) groups excluding carboxylic acids is 3. The molecule has 0 atom stereocenters. The zero-order valence-electron chi connectivity index (χ0n) is 12.1. The van der Waals surface area contributed by atoms with Crippen LogP contribution >= 0.6 is 23.2 Å². The molecule has 23 heavy (non-hydrogen) atoms. The third-order valence-electron chi connectivity index (χ3n) is 3.58. The fourth-order valence-electron chi connectivity index (χ4n) is 2.26. The van der Waals surface area contributed by atoms with Crippen molar-refractivity contribution in [3.63, 3.8) is 0 Å². The van der Waals surface area contributed by atoms with Gasteiger partial charge in [0, 0.05) is 19.0 Å². The molecule has 0 saturated carbocycles. The van der Waals surface area contributed by atoms with Gasteiger partial charge in [0.15, 0.2) is 12.3 Å². The number of rotatable bonds is 4. The number of nitrogens with two attached hydrogens (primary N) is 1. The van der Waals surface area contributed by atoms with Gasteiger partial charge in [-0.2, -0.15) is 0 Å². The van der Waals surface area contributed by atoms with Crippen molar-refractivity contribution in [3.05, 3.63) is 28.0 Å². The lowest BCUT2D eigenvalue weighted by molar-refractivity contribution is -0.137. The van der Waals surface area contributed by atoms with E-state index in [9.17, 15) is 14.4 Å². The number of amides is 2. The van der Waals surface area contributed by atoms with Crippen molar-refractivity contribution in [2.45, 2.75) is 12.8 Å². The van der Waals surface area contributed by atoms with Crippen LogP contribution in [0.15, 0.2) is 12.1 Å². The van der Waals surface area contributed by atoms with E-state index in [2.05, 4.69) is 4.98 Å². The van der Waals surface area contributed by atoms with Crippen molar-refractivity contribution < 1.29 is 19.1 Å². The molecule has 0 radical (unpaired) electrons. The Morgan fingerprint density at radius 3 is 2.52 bits per heavy atom. The van der Waals surface area contributed by atoms with E-state index in [1.807, 2.05) is 0 Å². The number of halogens is 2. The molecule has 7 nitrogen and oxygen atoms in total. The van der Waals surface area contributed by atoms with Gasteiger partial charge in [0.1, 0.15) is 5.15 Å². The van der Waals surface area contributed by atoms with Crippen LogP contribution in [0.5, 0.6) is 0 Å². The van der Waals surface area contributed by atoms with Gasteiger partial charge in [0.05, 0.1) is 5.02 Å². The van der Waals surface area contributed by atoms with Crippen LogP contribution in [0.25, 0.3) is 0 Å². The molecule has 2 N–H and O–H groups in total. The second-order valence-electron chi connectivity index (χ2n) is 5.10. The van der Waals surface area contributed by atoms with E-state index in [1.165, 1.54) is 17.0 Å². The maximum absolute atomic E-state index is 12.0. The highest BCUT2D eigenvalue weighted by atomic mass is 35.5. The number of ether oxygens (including phenoxy) is 1. The van der Waals surface area contributed by atoms with E-state index >= 15 is 0 Å². The van der Waals surface area contributed by atoms with Gasteiger partial charge < -0.3 is 15.4 Å². The van der Waals surface area contributed by atoms with Gasteiger partial charge in [-0.25, -0.2) is 9.78 Å². The Bertz CT molecular complexity index is 630. The van der Waals surface area contributed by atoms with Gasteiger partial charge in [0.2, 0.25) is 5.91 Å². The van der Waals surface area contributed by atoms with Crippen molar-refractivity contribution in [2.75, 3.05) is 19.7 Å². The third kappa shape index (κ3) is 4.56. The van der Waals surface area contributed by atoms with Crippen molar-refractivity contribution in [2.24, 2.45) is 11.7 Å². The Hall–Kier alpha value is -1.86. The summed E-state index contributed by atoms with van der Waals surface area (Å²) in [5.74, 6) is -1.74. The number of piperidine rings is 1. The summed E-state index contributed by atoms with van der Waals surface area (Å²) >= 11 is 11.5. The fourth-order valence-corrected chi connectivity index (χ4v) is 2.59. The summed E-state index contributed by atoms with van der Waals surface area (Å²) in [6.07, 6.45) is 1.02. The fraction of sp³-hybridized carbons (Fsp3) is 0.429. The number of pyridine rings is 1. The average molecular weight is 360 g/mol. The number of esters is 1. The lowest BCUT2D eigenvalue weighted by Gasteiger charge is -2.30. The molecule has 1 aliphatic heterocycles. The molecule has 0 bridgehead atoms. The molecule has 9 heteroatoms. The zero-order chi connectivity index (χ0) is 17.0. The van der Waals surface area contributed by atoms with Crippen molar-refractivity contribution >= 4 is 41.0 Å². The number of carbonyl (C=O) groups is 3. The Balaban J connectivity index is 1.86. The lowest BCUT2D eigenvalue weighted by atomic mass is 9.96. The van der Waals surface area contributed by atoms with E-state index < -0.39 is 12.6 Å². The molecule has 1 aliphatic rings. The molecule has 0 aromatic carbocycles. The van der Waals surface area contributed by atoms with Gasteiger partial charge in [-0.1, -0.05) is 23.2 Å². The molecule has 1 fully saturated rings. The normalized spacial score (nSPS) is 15.3. The van der Waals surface area contributed by atoms with Crippen LogP contribution in [0, 0.1) is 5.92 Å². The largest absolute Gasteiger partial charge is 0.451 e. The molecule has 0 aliphatic carbocycles. The number of likely N-dealkylation sites (tertiary alicyclic amines) is 1. The van der Waals surface area contributed by atoms with E-state index in [0.717, 1.165) is 0 Å². The first kappa shape index (κ1) is 17.5. The smallest absolute Gasteiger partial charge is 0.359 e. The lowest BCUT2D eigenvalue weighted by Crippen LogP contribution is -2.43. The number of hydrogen-bond acceptors (Lipinski definition) is 5. The summed E-state index contributed by atoms with van der Waals surface area (Å²) in [7, 11) is 0. The topological polar surface area (TPSA) is 103 Å². The molecule has 2 rings (SSSR count). The predicted octanol–water partition coefficient (Wildman–Crippen LogP) is 1.27. The van der Waals surface area contributed by atoms with Gasteiger partial charge in [-0.15, -0.1) is 0 Å². The van der Waals surface area contributed by atoms with Gasteiger partial charge in [-0.05, 0) is 25.0 Å². The van der Waals surface area contributed by atoms with Crippen molar-refractivity contribution in [1.82, 2.24) is 9.88 Å². The maximum atomic E-state index is 12.0. The standard InChI is InChI=1S/C14H15Cl2N3O4/c15-9-1-2-10(16)18-12(9)14(22)23-7-11(20)19-5-3-8(4-6-19)13(17)21/h1-2,8H,3-7H2,(H2,17,21). The Morgan fingerprint density at radius 2 is 1.91 bits per heavy atom. The molecular formula is C14H15Cl2N3O4. The van der Waals surface area contributed by atoms with Crippen LogP contribution in [0.4, 0.5) is 0 Å². The quantitative estimate of drug-likeness (QED) is 0.643. The molecule has 0 unspecified atom stereocenters. The predicted molar refractivity (Wildman–Crippen MR) is 83.0 cm³/mol. The monoisotopic (exact) mass is 359 g/mol. The Morgan fingerprint density at radius 1 is 1.26 bits per heavy atom. The number of nitrogens with zero attached hydrogens (tertiary/aromatic N) is 2. The van der Waals surface area contributed by atoms with E-state index in [4.69, 9.17) is 33.7 Å². The minimum Gasteiger partial charge on any atom is -0.451 e. The van der Waals surface area contributed by atoms with Gasteiger partial charge in [0.25, 0.3) is 5.91 Å². The van der Waals surface area contributed by atoms with Crippen LogP contribution < -0.4 is 5.73 Å². The third-order valence-corrected chi connectivity index (χ3v) is 4.10.